The Balaban J connectivity index is 1.92. The van der Waals surface area contributed by atoms with Gasteiger partial charge in [-0.3, -0.25) is 0 Å². The molecule has 3 heterocycles. The van der Waals surface area contributed by atoms with Crippen LogP contribution in [-0.4, -0.2) is 19.9 Å². The summed E-state index contributed by atoms with van der Waals surface area (Å²) in [4.78, 5) is 15.5. The normalized spacial score (nSPS) is 12.8. The lowest BCUT2D eigenvalue weighted by molar-refractivity contribution is 0.500. The molecule has 0 spiro atoms. The average Bonchev–Trinajstić information content (AvgIpc) is 2.96. The van der Waals surface area contributed by atoms with Crippen molar-refractivity contribution in [1.29, 1.82) is 0 Å². The maximum absolute atomic E-state index is 5.55. The fraction of sp³-hybridized carbons (Fsp3) is 0.308. The zero-order chi connectivity index (χ0) is 13.4. The van der Waals surface area contributed by atoms with Crippen molar-refractivity contribution in [2.24, 2.45) is 0 Å². The van der Waals surface area contributed by atoms with E-state index in [2.05, 4.69) is 32.2 Å². The Bertz CT molecular complexity index is 715. The number of fused-ring (bicyclic) bond motifs is 1. The van der Waals surface area contributed by atoms with Gasteiger partial charge in [-0.05, 0) is 26.8 Å². The van der Waals surface area contributed by atoms with Crippen molar-refractivity contribution >= 4 is 17.0 Å². The molecular formula is C13H15N5O. The molecule has 0 unspecified atom stereocenters. The molecule has 0 aliphatic carbocycles. The summed E-state index contributed by atoms with van der Waals surface area (Å²) in [5, 5.41) is 3.36. The Hall–Kier alpha value is -2.37. The van der Waals surface area contributed by atoms with E-state index >= 15 is 0 Å². The van der Waals surface area contributed by atoms with Crippen LogP contribution in [0.25, 0.3) is 11.2 Å². The second-order valence-corrected chi connectivity index (χ2v) is 4.56. The largest absolute Gasteiger partial charge is 0.466 e. The van der Waals surface area contributed by atoms with Gasteiger partial charge in [-0.1, -0.05) is 0 Å². The number of hydrogen-bond donors (Lipinski definition) is 2. The molecule has 98 valence electrons. The summed E-state index contributed by atoms with van der Waals surface area (Å²) in [6.07, 6.45) is 3.12. The van der Waals surface area contributed by atoms with Crippen LogP contribution in [0.4, 0.5) is 5.82 Å². The zero-order valence-corrected chi connectivity index (χ0v) is 11.1. The molecular weight excluding hydrogens is 242 g/mol. The minimum atomic E-state index is 0.0962. The summed E-state index contributed by atoms with van der Waals surface area (Å²) in [7, 11) is 0. The number of aromatic amines is 1. The zero-order valence-electron chi connectivity index (χ0n) is 11.1. The highest BCUT2D eigenvalue weighted by Crippen LogP contribution is 2.25. The topological polar surface area (TPSA) is 79.6 Å². The third-order valence-electron chi connectivity index (χ3n) is 3.12. The van der Waals surface area contributed by atoms with Crippen molar-refractivity contribution in [3.8, 4) is 0 Å². The van der Waals surface area contributed by atoms with Crippen molar-refractivity contribution in [1.82, 2.24) is 19.9 Å². The van der Waals surface area contributed by atoms with E-state index in [1.54, 1.807) is 6.33 Å². The van der Waals surface area contributed by atoms with Crippen LogP contribution in [0.15, 0.2) is 23.1 Å². The second kappa shape index (κ2) is 4.38. The minimum Gasteiger partial charge on any atom is -0.466 e. The smallest absolute Gasteiger partial charge is 0.182 e. The number of aryl methyl sites for hydroxylation is 2. The molecule has 3 rings (SSSR count). The summed E-state index contributed by atoms with van der Waals surface area (Å²) in [5.74, 6) is 2.58. The summed E-state index contributed by atoms with van der Waals surface area (Å²) in [6, 6.07) is 2.14. The first-order valence-electron chi connectivity index (χ1n) is 6.12. The molecule has 2 N–H and O–H groups in total. The molecule has 0 saturated carbocycles. The van der Waals surface area contributed by atoms with Crippen LogP contribution in [0.3, 0.4) is 0 Å². The van der Waals surface area contributed by atoms with Gasteiger partial charge in [0.1, 0.15) is 23.4 Å². The van der Waals surface area contributed by atoms with E-state index in [0.717, 1.165) is 28.4 Å². The van der Waals surface area contributed by atoms with E-state index in [1.165, 1.54) is 6.33 Å². The molecule has 6 nitrogen and oxygen atoms in total. The molecule has 0 aliphatic heterocycles. The van der Waals surface area contributed by atoms with Crippen molar-refractivity contribution in [3.63, 3.8) is 0 Å². The quantitative estimate of drug-likeness (QED) is 0.754. The number of furan rings is 1. The Morgan fingerprint density at radius 3 is 2.84 bits per heavy atom. The van der Waals surface area contributed by atoms with Crippen LogP contribution in [-0.2, 0) is 0 Å². The monoisotopic (exact) mass is 257 g/mol. The molecule has 0 fully saturated rings. The second-order valence-electron chi connectivity index (χ2n) is 4.56. The molecule has 6 heteroatoms. The molecule has 0 bridgehead atoms. The van der Waals surface area contributed by atoms with Gasteiger partial charge in [0, 0.05) is 5.56 Å². The Kier molecular flexibility index (Phi) is 2.70. The predicted molar refractivity (Wildman–Crippen MR) is 71.9 cm³/mol. The van der Waals surface area contributed by atoms with E-state index < -0.39 is 0 Å². The highest BCUT2D eigenvalue weighted by molar-refractivity contribution is 5.82. The standard InChI is InChI=1S/C13H15N5O/c1-7-4-10(9(3)19-7)8(2)18-13-11-12(15-5-14-11)16-6-17-13/h4-6,8H,1-3H3,(H2,14,15,16,17,18)/t8-/m0/s1. The van der Waals surface area contributed by atoms with Crippen molar-refractivity contribution < 1.29 is 4.42 Å². The Labute approximate surface area is 110 Å². The average molecular weight is 257 g/mol. The molecule has 1 atom stereocenters. The van der Waals surface area contributed by atoms with Gasteiger partial charge >= 0.3 is 0 Å². The summed E-state index contributed by atoms with van der Waals surface area (Å²) < 4.78 is 5.55. The third-order valence-corrected chi connectivity index (χ3v) is 3.12. The molecule has 0 radical (unpaired) electrons. The summed E-state index contributed by atoms with van der Waals surface area (Å²) in [5.41, 5.74) is 2.60. The first-order chi connectivity index (χ1) is 9.15. The van der Waals surface area contributed by atoms with E-state index in [1.807, 2.05) is 19.9 Å². The fourth-order valence-electron chi connectivity index (χ4n) is 2.24. The SMILES string of the molecule is Cc1cc([C@H](C)Nc2ncnc3nc[nH]c23)c(C)o1. The predicted octanol–water partition coefficient (Wildman–Crippen LogP) is 2.74. The Morgan fingerprint density at radius 2 is 2.11 bits per heavy atom. The lowest BCUT2D eigenvalue weighted by Crippen LogP contribution is -2.08. The number of nitrogens with one attached hydrogen (secondary N) is 2. The molecule has 19 heavy (non-hydrogen) atoms. The first-order valence-corrected chi connectivity index (χ1v) is 6.12. The molecule has 0 aliphatic rings. The van der Waals surface area contributed by atoms with Crippen molar-refractivity contribution in [2.45, 2.75) is 26.8 Å². The highest BCUT2D eigenvalue weighted by Gasteiger charge is 2.15. The molecule has 0 amide bonds. The van der Waals surface area contributed by atoms with Gasteiger partial charge in [-0.25, -0.2) is 15.0 Å². The maximum atomic E-state index is 5.55. The van der Waals surface area contributed by atoms with Gasteiger partial charge in [-0.2, -0.15) is 0 Å². The minimum absolute atomic E-state index is 0.0962. The van der Waals surface area contributed by atoms with Crippen molar-refractivity contribution in [3.05, 3.63) is 35.8 Å². The van der Waals surface area contributed by atoms with E-state index in [-0.39, 0.29) is 6.04 Å². The van der Waals surface area contributed by atoms with Crippen molar-refractivity contribution in [2.75, 3.05) is 5.32 Å². The Morgan fingerprint density at radius 1 is 1.26 bits per heavy atom. The van der Waals surface area contributed by atoms with Gasteiger partial charge in [-0.15, -0.1) is 0 Å². The summed E-state index contributed by atoms with van der Waals surface area (Å²) in [6.45, 7) is 5.98. The lowest BCUT2D eigenvalue weighted by atomic mass is 10.1. The maximum Gasteiger partial charge on any atom is 0.182 e. The van der Waals surface area contributed by atoms with Gasteiger partial charge in [0.15, 0.2) is 11.5 Å². The summed E-state index contributed by atoms with van der Waals surface area (Å²) >= 11 is 0. The van der Waals surface area contributed by atoms with E-state index in [0.29, 0.717) is 5.65 Å². The third kappa shape index (κ3) is 2.05. The van der Waals surface area contributed by atoms with E-state index in [9.17, 15) is 0 Å². The van der Waals surface area contributed by atoms with Gasteiger partial charge in [0.05, 0.1) is 12.4 Å². The van der Waals surface area contributed by atoms with Crippen LogP contribution in [0.1, 0.15) is 30.0 Å². The fourth-order valence-corrected chi connectivity index (χ4v) is 2.24. The van der Waals surface area contributed by atoms with Crippen LogP contribution < -0.4 is 5.32 Å². The van der Waals surface area contributed by atoms with Crippen LogP contribution in [0.5, 0.6) is 0 Å². The molecule has 0 saturated heterocycles. The van der Waals surface area contributed by atoms with E-state index in [4.69, 9.17) is 4.42 Å². The number of imidazole rings is 1. The molecule has 3 aromatic rings. The number of nitrogens with zero attached hydrogens (tertiary/aromatic N) is 3. The van der Waals surface area contributed by atoms with Crippen LogP contribution in [0.2, 0.25) is 0 Å². The number of aromatic nitrogens is 4. The van der Waals surface area contributed by atoms with Gasteiger partial charge in [0.2, 0.25) is 0 Å². The number of hydrogen-bond acceptors (Lipinski definition) is 5. The number of H-pyrrole nitrogens is 1. The van der Waals surface area contributed by atoms with Crippen LogP contribution in [0, 0.1) is 13.8 Å². The molecule has 0 aromatic carbocycles. The number of rotatable bonds is 3. The highest BCUT2D eigenvalue weighted by atomic mass is 16.3. The van der Waals surface area contributed by atoms with Gasteiger partial charge in [0.25, 0.3) is 0 Å². The van der Waals surface area contributed by atoms with Crippen LogP contribution >= 0.6 is 0 Å². The van der Waals surface area contributed by atoms with Gasteiger partial charge < -0.3 is 14.7 Å². The molecule has 3 aromatic heterocycles. The lowest BCUT2D eigenvalue weighted by Gasteiger charge is -2.13. The first kappa shape index (κ1) is 11.7. The number of anilines is 1.